The van der Waals surface area contributed by atoms with Gasteiger partial charge in [0, 0.05) is 4.47 Å². The van der Waals surface area contributed by atoms with Gasteiger partial charge in [-0.1, -0.05) is 15.9 Å². The maximum absolute atomic E-state index is 9.40. The fourth-order valence-corrected chi connectivity index (χ4v) is 2.25. The van der Waals surface area contributed by atoms with Gasteiger partial charge in [-0.25, -0.2) is 0 Å². The van der Waals surface area contributed by atoms with Gasteiger partial charge in [0.1, 0.15) is 5.75 Å². The van der Waals surface area contributed by atoms with Crippen LogP contribution in [-0.4, -0.2) is 5.11 Å². The van der Waals surface area contributed by atoms with Gasteiger partial charge in [-0.2, -0.15) is 0 Å². The first-order valence-corrected chi connectivity index (χ1v) is 5.36. The molecule has 0 bridgehead atoms. The summed E-state index contributed by atoms with van der Waals surface area (Å²) in [4.78, 5) is 0.679. The Kier molecular flexibility index (Phi) is 3.10. The molecular formula is C7H6BrClOS. The van der Waals surface area contributed by atoms with Crippen LogP contribution in [0.3, 0.4) is 0 Å². The molecule has 60 valence electrons. The number of phenols is 1. The number of hydrogen-bond donors (Lipinski definition) is 1. The predicted octanol–water partition coefficient (Wildman–Crippen LogP) is 3.71. The van der Waals surface area contributed by atoms with E-state index in [4.69, 9.17) is 10.7 Å². The molecule has 0 aliphatic carbocycles. The molecule has 0 aliphatic rings. The Morgan fingerprint density at radius 2 is 2.18 bits per heavy atom. The molecule has 0 radical (unpaired) electrons. The number of rotatable bonds is 1. The van der Waals surface area contributed by atoms with E-state index in [0.717, 1.165) is 21.0 Å². The van der Waals surface area contributed by atoms with Crippen molar-refractivity contribution in [2.24, 2.45) is 0 Å². The highest BCUT2D eigenvalue weighted by atomic mass is 79.9. The third kappa shape index (κ3) is 2.04. The first-order chi connectivity index (χ1) is 5.15. The van der Waals surface area contributed by atoms with Crippen molar-refractivity contribution in [3.63, 3.8) is 0 Å². The second-order valence-electron chi connectivity index (χ2n) is 2.15. The molecule has 0 saturated carbocycles. The highest BCUT2D eigenvalue weighted by molar-refractivity contribution is 9.10. The largest absolute Gasteiger partial charge is 0.506 e. The van der Waals surface area contributed by atoms with Crippen LogP contribution in [0.1, 0.15) is 5.56 Å². The third-order valence-electron chi connectivity index (χ3n) is 1.31. The Hall–Kier alpha value is 0.140. The Labute approximate surface area is 82.4 Å². The minimum Gasteiger partial charge on any atom is -0.506 e. The number of hydrogen-bond acceptors (Lipinski definition) is 2. The number of benzene rings is 1. The lowest BCUT2D eigenvalue weighted by Gasteiger charge is -2.03. The van der Waals surface area contributed by atoms with E-state index in [1.807, 2.05) is 13.0 Å². The monoisotopic (exact) mass is 252 g/mol. The van der Waals surface area contributed by atoms with Crippen molar-refractivity contribution >= 4 is 37.6 Å². The SMILES string of the molecule is Cc1cc(Br)cc(SCl)c1O. The minimum absolute atomic E-state index is 0.258. The smallest absolute Gasteiger partial charge is 0.133 e. The fraction of sp³-hybridized carbons (Fsp3) is 0.143. The quantitative estimate of drug-likeness (QED) is 0.823. The van der Waals surface area contributed by atoms with Crippen LogP contribution in [0.2, 0.25) is 0 Å². The summed E-state index contributed by atoms with van der Waals surface area (Å²) in [5.41, 5.74) is 0.822. The van der Waals surface area contributed by atoms with E-state index in [9.17, 15) is 5.11 Å². The van der Waals surface area contributed by atoms with E-state index in [0.29, 0.717) is 4.90 Å². The zero-order valence-corrected chi connectivity index (χ0v) is 8.92. The molecule has 0 aliphatic heterocycles. The summed E-state index contributed by atoms with van der Waals surface area (Å²) < 4.78 is 0.927. The van der Waals surface area contributed by atoms with Crippen molar-refractivity contribution in [1.29, 1.82) is 0 Å². The van der Waals surface area contributed by atoms with Crippen LogP contribution in [0.25, 0.3) is 0 Å². The Morgan fingerprint density at radius 1 is 1.55 bits per heavy atom. The van der Waals surface area contributed by atoms with Gasteiger partial charge >= 0.3 is 0 Å². The summed E-state index contributed by atoms with van der Waals surface area (Å²) in [5.74, 6) is 0.258. The van der Waals surface area contributed by atoms with Gasteiger partial charge in [-0.3, -0.25) is 0 Å². The number of halogens is 2. The fourth-order valence-electron chi connectivity index (χ4n) is 0.764. The van der Waals surface area contributed by atoms with Crippen LogP contribution in [0.15, 0.2) is 21.5 Å². The zero-order chi connectivity index (χ0) is 8.43. The molecule has 1 N–H and O–H groups in total. The molecule has 0 heterocycles. The van der Waals surface area contributed by atoms with E-state index < -0.39 is 0 Å². The molecule has 0 amide bonds. The van der Waals surface area contributed by atoms with Crippen molar-refractivity contribution in [3.8, 4) is 5.75 Å². The molecule has 0 spiro atoms. The highest BCUT2D eigenvalue weighted by Crippen LogP contribution is 2.35. The van der Waals surface area contributed by atoms with E-state index in [1.165, 1.54) is 0 Å². The molecule has 0 aromatic heterocycles. The molecule has 1 nitrogen and oxygen atoms in total. The first kappa shape index (κ1) is 9.23. The van der Waals surface area contributed by atoms with Crippen molar-refractivity contribution in [1.82, 2.24) is 0 Å². The molecule has 1 aromatic rings. The second-order valence-corrected chi connectivity index (χ2v) is 4.12. The molecule has 0 unspecified atom stereocenters. The summed E-state index contributed by atoms with van der Waals surface area (Å²) in [7, 11) is 6.53. The predicted molar refractivity (Wildman–Crippen MR) is 52.3 cm³/mol. The van der Waals surface area contributed by atoms with Gasteiger partial charge < -0.3 is 5.11 Å². The lowest BCUT2D eigenvalue weighted by atomic mass is 10.2. The molecule has 0 atom stereocenters. The van der Waals surface area contributed by atoms with E-state index in [2.05, 4.69) is 15.9 Å². The van der Waals surface area contributed by atoms with Crippen molar-refractivity contribution < 1.29 is 5.11 Å². The number of aromatic hydroxyl groups is 1. The Balaban J connectivity index is 3.24. The normalized spacial score (nSPS) is 10.1. The molecule has 11 heavy (non-hydrogen) atoms. The molecule has 4 heteroatoms. The Bertz CT molecular complexity index is 277. The first-order valence-electron chi connectivity index (χ1n) is 2.93. The number of phenolic OH excluding ortho intramolecular Hbond substituents is 1. The maximum Gasteiger partial charge on any atom is 0.133 e. The van der Waals surface area contributed by atoms with Gasteiger partial charge in [0.05, 0.1) is 4.90 Å². The van der Waals surface area contributed by atoms with Crippen LogP contribution < -0.4 is 0 Å². The van der Waals surface area contributed by atoms with E-state index in [-0.39, 0.29) is 5.75 Å². The molecular weight excluding hydrogens is 248 g/mol. The summed E-state index contributed by atoms with van der Waals surface area (Å²) in [6.07, 6.45) is 0. The molecule has 0 saturated heterocycles. The van der Waals surface area contributed by atoms with Gasteiger partial charge in [-0.05, 0) is 46.3 Å². The summed E-state index contributed by atoms with van der Waals surface area (Å²) in [6.45, 7) is 1.83. The lowest BCUT2D eigenvalue weighted by Crippen LogP contribution is -1.77. The van der Waals surface area contributed by atoms with Gasteiger partial charge in [-0.15, -0.1) is 0 Å². The van der Waals surface area contributed by atoms with Crippen LogP contribution in [-0.2, 0) is 0 Å². The Morgan fingerprint density at radius 3 is 2.73 bits per heavy atom. The molecule has 0 fully saturated rings. The summed E-state index contributed by atoms with van der Waals surface area (Å²) in [5, 5.41) is 9.40. The van der Waals surface area contributed by atoms with Gasteiger partial charge in [0.15, 0.2) is 0 Å². The maximum atomic E-state index is 9.40. The zero-order valence-electron chi connectivity index (χ0n) is 5.77. The van der Waals surface area contributed by atoms with Crippen molar-refractivity contribution in [2.45, 2.75) is 11.8 Å². The molecule has 1 rings (SSSR count). The molecule has 1 aromatic carbocycles. The van der Waals surface area contributed by atoms with Crippen molar-refractivity contribution in [2.75, 3.05) is 0 Å². The van der Waals surface area contributed by atoms with Crippen LogP contribution in [0.5, 0.6) is 5.75 Å². The highest BCUT2D eigenvalue weighted by Gasteiger charge is 2.04. The van der Waals surface area contributed by atoms with Crippen molar-refractivity contribution in [3.05, 3.63) is 22.2 Å². The number of aryl methyl sites for hydroxylation is 1. The average Bonchev–Trinajstić information content (AvgIpc) is 1.96. The lowest BCUT2D eigenvalue weighted by molar-refractivity contribution is 0.458. The van der Waals surface area contributed by atoms with Gasteiger partial charge in [0.25, 0.3) is 0 Å². The standard InChI is InChI=1S/C7H6BrClOS/c1-4-2-5(8)3-6(11-9)7(4)10/h2-3,10H,1H3. The second kappa shape index (κ2) is 3.70. The topological polar surface area (TPSA) is 20.2 Å². The van der Waals surface area contributed by atoms with Crippen LogP contribution in [0.4, 0.5) is 0 Å². The van der Waals surface area contributed by atoms with Crippen LogP contribution >= 0.6 is 37.6 Å². The van der Waals surface area contributed by atoms with E-state index in [1.54, 1.807) is 6.07 Å². The third-order valence-corrected chi connectivity index (χ3v) is 2.75. The van der Waals surface area contributed by atoms with Gasteiger partial charge in [0.2, 0.25) is 0 Å². The average molecular weight is 254 g/mol. The van der Waals surface area contributed by atoms with Crippen LogP contribution in [0, 0.1) is 6.92 Å². The summed E-state index contributed by atoms with van der Waals surface area (Å²) in [6, 6.07) is 3.62. The summed E-state index contributed by atoms with van der Waals surface area (Å²) >= 11 is 3.30. The van der Waals surface area contributed by atoms with E-state index >= 15 is 0 Å². The minimum atomic E-state index is 0.258.